The number of benzene rings is 2. The van der Waals surface area contributed by atoms with E-state index in [4.69, 9.17) is 0 Å². The highest BCUT2D eigenvalue weighted by Gasteiger charge is 2.26. The van der Waals surface area contributed by atoms with Gasteiger partial charge in [-0.2, -0.15) is 0 Å². The van der Waals surface area contributed by atoms with Gasteiger partial charge in [0, 0.05) is 60.0 Å². The van der Waals surface area contributed by atoms with Crippen LogP contribution < -0.4 is 10.2 Å². The Morgan fingerprint density at radius 1 is 1.03 bits per heavy atom. The number of carbonyl (C=O) groups is 1. The molecule has 1 N–H and O–H groups in total. The van der Waals surface area contributed by atoms with E-state index < -0.39 is 0 Å². The lowest BCUT2D eigenvalue weighted by molar-refractivity contribution is -0.121. The van der Waals surface area contributed by atoms with E-state index in [0.29, 0.717) is 6.54 Å². The summed E-state index contributed by atoms with van der Waals surface area (Å²) in [5.41, 5.74) is 6.52. The Morgan fingerprint density at radius 2 is 1.84 bits per heavy atom. The van der Waals surface area contributed by atoms with Crippen molar-refractivity contribution in [3.05, 3.63) is 62.9 Å². The zero-order chi connectivity index (χ0) is 21.4. The molecule has 31 heavy (non-hydrogen) atoms. The van der Waals surface area contributed by atoms with E-state index in [1.807, 2.05) is 4.90 Å². The van der Waals surface area contributed by atoms with Gasteiger partial charge in [-0.1, -0.05) is 18.2 Å². The number of halogens is 1. The molecule has 2 aliphatic heterocycles. The molecule has 0 bridgehead atoms. The van der Waals surface area contributed by atoms with E-state index in [1.54, 1.807) is 0 Å². The average molecular weight is 528 g/mol. The summed E-state index contributed by atoms with van der Waals surface area (Å²) in [6, 6.07) is 15.3. The third-order valence-electron chi connectivity index (χ3n) is 6.75. The fraction of sp³-hybridized carbons (Fsp3) is 0.400. The number of nitrogens with one attached hydrogen (secondary N) is 1. The van der Waals surface area contributed by atoms with Gasteiger partial charge in [0.05, 0.1) is 12.1 Å². The maximum Gasteiger partial charge on any atom is 0.241 e. The van der Waals surface area contributed by atoms with E-state index in [-0.39, 0.29) is 5.91 Å². The van der Waals surface area contributed by atoms with Gasteiger partial charge in [-0.05, 0) is 77.4 Å². The topological polar surface area (TPSA) is 40.5 Å². The van der Waals surface area contributed by atoms with Crippen molar-refractivity contribution in [3.8, 4) is 0 Å². The first kappa shape index (κ1) is 21.0. The standard InChI is InChI=1S/C25H29IN4O/c1-28-23-9-12-27-11-8-22(23)21-7-6-20(16-24(21)28)30-15-14-29(17-25(30)31)13-10-18-2-4-19(26)5-3-18/h2-7,16,27H,8-15,17H2,1H3. The molecule has 2 aliphatic rings. The number of nitrogens with zero attached hydrogens (tertiary/aromatic N) is 3. The molecule has 1 aromatic heterocycles. The number of rotatable bonds is 4. The summed E-state index contributed by atoms with van der Waals surface area (Å²) in [7, 11) is 2.17. The fourth-order valence-corrected chi connectivity index (χ4v) is 5.35. The van der Waals surface area contributed by atoms with E-state index in [1.165, 1.54) is 31.3 Å². The summed E-state index contributed by atoms with van der Waals surface area (Å²) in [6.45, 7) is 5.17. The number of hydrogen-bond donors (Lipinski definition) is 1. The maximum atomic E-state index is 13.0. The fourth-order valence-electron chi connectivity index (χ4n) is 4.99. The Morgan fingerprint density at radius 3 is 2.65 bits per heavy atom. The molecule has 3 heterocycles. The predicted molar refractivity (Wildman–Crippen MR) is 135 cm³/mol. The average Bonchev–Trinajstić information content (AvgIpc) is 2.93. The minimum Gasteiger partial charge on any atom is -0.347 e. The number of anilines is 1. The van der Waals surface area contributed by atoms with Gasteiger partial charge in [0.1, 0.15) is 0 Å². The van der Waals surface area contributed by atoms with Crippen molar-refractivity contribution in [2.75, 3.05) is 44.2 Å². The van der Waals surface area contributed by atoms with Crippen LogP contribution in [-0.2, 0) is 31.1 Å². The van der Waals surface area contributed by atoms with Crippen LogP contribution in [0.25, 0.3) is 10.9 Å². The summed E-state index contributed by atoms with van der Waals surface area (Å²) < 4.78 is 3.59. The van der Waals surface area contributed by atoms with Gasteiger partial charge in [-0.25, -0.2) is 0 Å². The second-order valence-corrected chi connectivity index (χ2v) is 9.88. The Balaban J connectivity index is 1.29. The first-order chi connectivity index (χ1) is 15.1. The quantitative estimate of drug-likeness (QED) is 0.529. The van der Waals surface area contributed by atoms with Gasteiger partial charge in [-0.3, -0.25) is 9.69 Å². The molecule has 0 saturated carbocycles. The minimum absolute atomic E-state index is 0.202. The van der Waals surface area contributed by atoms with E-state index in [9.17, 15) is 4.79 Å². The Labute approximate surface area is 197 Å². The van der Waals surface area contributed by atoms with Crippen LogP contribution in [-0.4, -0.2) is 54.6 Å². The molecule has 1 fully saturated rings. The molecule has 162 valence electrons. The normalized spacial score (nSPS) is 17.7. The van der Waals surface area contributed by atoms with Crippen molar-refractivity contribution in [1.82, 2.24) is 14.8 Å². The molecule has 0 spiro atoms. The Hall–Kier alpha value is -1.90. The molecule has 0 atom stereocenters. The number of carbonyl (C=O) groups excluding carboxylic acids is 1. The first-order valence-electron chi connectivity index (χ1n) is 11.2. The van der Waals surface area contributed by atoms with Crippen LogP contribution in [0.4, 0.5) is 5.69 Å². The molecule has 2 aromatic carbocycles. The van der Waals surface area contributed by atoms with E-state index in [2.05, 4.69) is 86.9 Å². The van der Waals surface area contributed by atoms with Crippen LogP contribution in [0.15, 0.2) is 42.5 Å². The highest BCUT2D eigenvalue weighted by Crippen LogP contribution is 2.31. The highest BCUT2D eigenvalue weighted by molar-refractivity contribution is 14.1. The molecule has 5 rings (SSSR count). The first-order valence-corrected chi connectivity index (χ1v) is 12.3. The second-order valence-electron chi connectivity index (χ2n) is 8.63. The second kappa shape index (κ2) is 8.92. The van der Waals surface area contributed by atoms with Crippen LogP contribution in [0.1, 0.15) is 16.8 Å². The number of piperazine rings is 1. The zero-order valence-electron chi connectivity index (χ0n) is 18.0. The SMILES string of the molecule is Cn1c2c(c3ccc(N4CCN(CCc5ccc(I)cc5)CC4=O)cc31)CCNCC2. The summed E-state index contributed by atoms with van der Waals surface area (Å²) >= 11 is 2.33. The predicted octanol–water partition coefficient (Wildman–Crippen LogP) is 3.36. The zero-order valence-corrected chi connectivity index (χ0v) is 20.2. The van der Waals surface area contributed by atoms with Crippen molar-refractivity contribution >= 4 is 45.1 Å². The van der Waals surface area contributed by atoms with Gasteiger partial charge in [0.15, 0.2) is 0 Å². The summed E-state index contributed by atoms with van der Waals surface area (Å²) in [6.07, 6.45) is 3.12. The largest absolute Gasteiger partial charge is 0.347 e. The molecule has 1 saturated heterocycles. The number of hydrogen-bond acceptors (Lipinski definition) is 3. The van der Waals surface area contributed by atoms with Gasteiger partial charge in [-0.15, -0.1) is 0 Å². The van der Waals surface area contributed by atoms with Crippen LogP contribution in [0.5, 0.6) is 0 Å². The molecule has 0 aliphatic carbocycles. The third kappa shape index (κ3) is 4.25. The molecule has 5 nitrogen and oxygen atoms in total. The molecule has 0 radical (unpaired) electrons. The number of amides is 1. The van der Waals surface area contributed by atoms with Crippen molar-refractivity contribution < 1.29 is 4.79 Å². The molecule has 6 heteroatoms. The van der Waals surface area contributed by atoms with Crippen LogP contribution in [0.2, 0.25) is 0 Å². The molecule has 3 aromatic rings. The van der Waals surface area contributed by atoms with Crippen molar-refractivity contribution in [2.45, 2.75) is 19.3 Å². The van der Waals surface area contributed by atoms with Crippen molar-refractivity contribution in [2.24, 2.45) is 7.05 Å². The van der Waals surface area contributed by atoms with E-state index in [0.717, 1.165) is 57.7 Å². The summed E-state index contributed by atoms with van der Waals surface area (Å²) in [4.78, 5) is 17.2. The Kier molecular flexibility index (Phi) is 6.03. The smallest absolute Gasteiger partial charge is 0.241 e. The molecular weight excluding hydrogens is 499 g/mol. The number of aromatic nitrogens is 1. The van der Waals surface area contributed by atoms with E-state index >= 15 is 0 Å². The number of aryl methyl sites for hydroxylation is 1. The third-order valence-corrected chi connectivity index (χ3v) is 7.47. The van der Waals surface area contributed by atoms with Crippen LogP contribution >= 0.6 is 22.6 Å². The monoisotopic (exact) mass is 528 g/mol. The maximum absolute atomic E-state index is 13.0. The van der Waals surface area contributed by atoms with Gasteiger partial charge in [0.2, 0.25) is 5.91 Å². The molecular formula is C25H29IN4O. The van der Waals surface area contributed by atoms with Crippen molar-refractivity contribution in [3.63, 3.8) is 0 Å². The van der Waals surface area contributed by atoms with Gasteiger partial charge in [0.25, 0.3) is 0 Å². The summed E-state index contributed by atoms with van der Waals surface area (Å²) in [5, 5.41) is 4.84. The van der Waals surface area contributed by atoms with Gasteiger partial charge >= 0.3 is 0 Å². The lowest BCUT2D eigenvalue weighted by Crippen LogP contribution is -2.50. The highest BCUT2D eigenvalue weighted by atomic mass is 127. The van der Waals surface area contributed by atoms with Crippen LogP contribution in [0.3, 0.4) is 0 Å². The minimum atomic E-state index is 0.202. The lowest BCUT2D eigenvalue weighted by atomic mass is 10.1. The lowest BCUT2D eigenvalue weighted by Gasteiger charge is -2.34. The van der Waals surface area contributed by atoms with Crippen molar-refractivity contribution in [1.29, 1.82) is 0 Å². The Bertz CT molecular complexity index is 1100. The summed E-state index contributed by atoms with van der Waals surface area (Å²) in [5.74, 6) is 0.202. The molecule has 0 unspecified atom stereocenters. The molecule has 1 amide bonds. The van der Waals surface area contributed by atoms with Gasteiger partial charge < -0.3 is 14.8 Å². The van der Waals surface area contributed by atoms with Crippen LogP contribution in [0, 0.1) is 3.57 Å². The number of fused-ring (bicyclic) bond motifs is 3.